The Labute approximate surface area is 179 Å². The highest BCUT2D eigenvalue weighted by molar-refractivity contribution is 5.72. The molecule has 0 spiro atoms. The fourth-order valence-corrected chi connectivity index (χ4v) is 4.09. The lowest BCUT2D eigenvalue weighted by Crippen LogP contribution is -2.54. The van der Waals surface area contributed by atoms with E-state index >= 15 is 0 Å². The number of hydrogen-bond acceptors (Lipinski definition) is 8. The van der Waals surface area contributed by atoms with Crippen molar-refractivity contribution in [2.75, 3.05) is 18.0 Å². The molecule has 0 aliphatic carbocycles. The molecular formula is C22H24N8O. The normalized spacial score (nSPS) is 19.1. The van der Waals surface area contributed by atoms with Gasteiger partial charge in [0.25, 0.3) is 0 Å². The molecule has 1 aliphatic rings. The van der Waals surface area contributed by atoms with Crippen molar-refractivity contribution >= 4 is 11.6 Å². The highest BCUT2D eigenvalue weighted by Crippen LogP contribution is 2.31. The number of imidazole rings is 1. The molecule has 31 heavy (non-hydrogen) atoms. The minimum Gasteiger partial charge on any atom is -0.507 e. The molecule has 2 atom stereocenters. The summed E-state index contributed by atoms with van der Waals surface area (Å²) in [7, 11) is 0. The van der Waals surface area contributed by atoms with Crippen LogP contribution in [0.1, 0.15) is 19.5 Å². The number of anilines is 1. The summed E-state index contributed by atoms with van der Waals surface area (Å²) in [6.07, 6.45) is 3.53. The molecule has 4 heterocycles. The first-order valence-electron chi connectivity index (χ1n) is 10.3. The van der Waals surface area contributed by atoms with Gasteiger partial charge in [0, 0.05) is 36.3 Å². The third-order valence-corrected chi connectivity index (χ3v) is 5.40. The number of aryl methyl sites for hydroxylation is 1. The number of nitrogens with zero attached hydrogens (tertiary/aromatic N) is 7. The molecule has 5 rings (SSSR count). The number of aromatic nitrogens is 6. The van der Waals surface area contributed by atoms with Crippen LogP contribution in [-0.4, -0.2) is 60.1 Å². The molecular weight excluding hydrogens is 392 g/mol. The number of nitrogens with one attached hydrogen (secondary N) is 1. The molecule has 1 aromatic carbocycles. The first kappa shape index (κ1) is 19.4. The van der Waals surface area contributed by atoms with E-state index in [1.54, 1.807) is 16.8 Å². The van der Waals surface area contributed by atoms with E-state index in [-0.39, 0.29) is 5.75 Å². The van der Waals surface area contributed by atoms with Crippen molar-refractivity contribution in [1.29, 1.82) is 0 Å². The van der Waals surface area contributed by atoms with Crippen LogP contribution in [0, 0.1) is 6.92 Å². The highest BCUT2D eigenvalue weighted by atomic mass is 16.3. The minimum atomic E-state index is 0.106. The maximum atomic E-state index is 10.6. The van der Waals surface area contributed by atoms with Crippen LogP contribution in [0.4, 0.5) is 5.95 Å². The maximum absolute atomic E-state index is 10.6. The van der Waals surface area contributed by atoms with Crippen LogP contribution < -0.4 is 10.2 Å². The molecule has 2 N–H and O–H groups in total. The summed E-state index contributed by atoms with van der Waals surface area (Å²) in [5, 5.41) is 27.3. The summed E-state index contributed by atoms with van der Waals surface area (Å²) in [4.78, 5) is 11.0. The molecule has 9 nitrogen and oxygen atoms in total. The average Bonchev–Trinajstić information content (AvgIpc) is 3.12. The predicted octanol–water partition coefficient (Wildman–Crippen LogP) is 2.45. The second-order valence-electron chi connectivity index (χ2n) is 8.15. The van der Waals surface area contributed by atoms with Gasteiger partial charge in [0.15, 0.2) is 5.65 Å². The van der Waals surface area contributed by atoms with E-state index in [2.05, 4.69) is 49.3 Å². The van der Waals surface area contributed by atoms with Gasteiger partial charge < -0.3 is 15.3 Å². The molecule has 0 bridgehead atoms. The molecule has 9 heteroatoms. The Morgan fingerprint density at radius 3 is 2.55 bits per heavy atom. The summed E-state index contributed by atoms with van der Waals surface area (Å²) in [6, 6.07) is 9.93. The number of piperazine rings is 1. The second kappa shape index (κ2) is 7.59. The van der Waals surface area contributed by atoms with Gasteiger partial charge in [-0.3, -0.25) is 0 Å². The quantitative estimate of drug-likeness (QED) is 0.525. The van der Waals surface area contributed by atoms with Crippen molar-refractivity contribution in [1.82, 2.24) is 35.1 Å². The minimum absolute atomic E-state index is 0.106. The zero-order valence-electron chi connectivity index (χ0n) is 17.7. The van der Waals surface area contributed by atoms with Gasteiger partial charge in [0.2, 0.25) is 5.95 Å². The van der Waals surface area contributed by atoms with Gasteiger partial charge in [-0.15, -0.1) is 10.2 Å². The van der Waals surface area contributed by atoms with Gasteiger partial charge in [0.1, 0.15) is 11.4 Å². The summed E-state index contributed by atoms with van der Waals surface area (Å²) in [5.74, 6) is 0.711. The van der Waals surface area contributed by atoms with Crippen LogP contribution in [0.5, 0.6) is 5.75 Å². The van der Waals surface area contributed by atoms with Crippen LogP contribution in [0.25, 0.3) is 28.2 Å². The van der Waals surface area contributed by atoms with E-state index in [1.165, 1.54) is 0 Å². The van der Waals surface area contributed by atoms with Crippen LogP contribution in [-0.2, 0) is 0 Å². The molecule has 4 aromatic rings. The van der Waals surface area contributed by atoms with Crippen molar-refractivity contribution < 1.29 is 5.11 Å². The number of benzene rings is 1. The van der Waals surface area contributed by atoms with E-state index in [1.807, 2.05) is 37.4 Å². The Morgan fingerprint density at radius 1 is 1.03 bits per heavy atom. The number of fused-ring (bicyclic) bond motifs is 1. The molecule has 1 saturated heterocycles. The summed E-state index contributed by atoms with van der Waals surface area (Å²) < 4.78 is 1.74. The Hall–Kier alpha value is -3.59. The van der Waals surface area contributed by atoms with Gasteiger partial charge >= 0.3 is 0 Å². The number of hydrogen-bond donors (Lipinski definition) is 2. The lowest BCUT2D eigenvalue weighted by molar-refractivity contribution is 0.402. The third kappa shape index (κ3) is 3.79. The van der Waals surface area contributed by atoms with E-state index in [9.17, 15) is 5.11 Å². The molecule has 0 saturated carbocycles. The van der Waals surface area contributed by atoms with Crippen molar-refractivity contribution in [3.8, 4) is 28.3 Å². The Balaban J connectivity index is 1.40. The Kier molecular flexibility index (Phi) is 4.74. The smallest absolute Gasteiger partial charge is 0.245 e. The zero-order chi connectivity index (χ0) is 21.5. The number of phenols is 1. The monoisotopic (exact) mass is 416 g/mol. The standard InChI is InChI=1S/C22H24N8O/c1-13-10-29(11-14(2)24-13)22-23-9-19(26-27-22)17-5-4-16(8-20(17)31)18-6-7-21-25-15(3)12-30(21)28-18/h4-9,12-14,24,31H,10-11H2,1-3H3/t13-,14+. The third-order valence-electron chi connectivity index (χ3n) is 5.40. The lowest BCUT2D eigenvalue weighted by Gasteiger charge is -2.35. The van der Waals surface area contributed by atoms with Crippen molar-refractivity contribution in [2.45, 2.75) is 32.9 Å². The van der Waals surface area contributed by atoms with E-state index in [0.717, 1.165) is 35.7 Å². The fourth-order valence-electron chi connectivity index (χ4n) is 4.09. The van der Waals surface area contributed by atoms with E-state index in [4.69, 9.17) is 0 Å². The average molecular weight is 416 g/mol. The first-order valence-corrected chi connectivity index (χ1v) is 10.3. The number of rotatable bonds is 3. The topological polar surface area (TPSA) is 104 Å². The van der Waals surface area contributed by atoms with Gasteiger partial charge in [-0.05, 0) is 45.0 Å². The number of aromatic hydroxyl groups is 1. The Morgan fingerprint density at radius 2 is 1.84 bits per heavy atom. The molecule has 1 aliphatic heterocycles. The van der Waals surface area contributed by atoms with E-state index < -0.39 is 0 Å². The fraction of sp³-hybridized carbons (Fsp3) is 0.318. The largest absolute Gasteiger partial charge is 0.507 e. The lowest BCUT2D eigenvalue weighted by atomic mass is 10.1. The molecule has 0 amide bonds. The van der Waals surface area contributed by atoms with Crippen LogP contribution >= 0.6 is 0 Å². The van der Waals surface area contributed by atoms with Crippen LogP contribution in [0.3, 0.4) is 0 Å². The van der Waals surface area contributed by atoms with Crippen LogP contribution in [0.15, 0.2) is 42.7 Å². The van der Waals surface area contributed by atoms with Crippen molar-refractivity contribution in [2.24, 2.45) is 0 Å². The van der Waals surface area contributed by atoms with Gasteiger partial charge in [-0.25, -0.2) is 14.5 Å². The first-order chi connectivity index (χ1) is 15.0. The summed E-state index contributed by atoms with van der Waals surface area (Å²) in [6.45, 7) is 7.88. The predicted molar refractivity (Wildman–Crippen MR) is 118 cm³/mol. The molecule has 0 radical (unpaired) electrons. The van der Waals surface area contributed by atoms with Crippen molar-refractivity contribution in [3.05, 3.63) is 48.4 Å². The van der Waals surface area contributed by atoms with Gasteiger partial charge in [0.05, 0.1) is 23.8 Å². The maximum Gasteiger partial charge on any atom is 0.245 e. The van der Waals surface area contributed by atoms with Gasteiger partial charge in [-0.1, -0.05) is 6.07 Å². The highest BCUT2D eigenvalue weighted by Gasteiger charge is 2.23. The zero-order valence-corrected chi connectivity index (χ0v) is 17.7. The molecule has 1 fully saturated rings. The number of phenolic OH excluding ortho intramolecular Hbond substituents is 1. The summed E-state index contributed by atoms with van der Waals surface area (Å²) in [5.41, 5.74) is 4.34. The molecule has 0 unspecified atom stereocenters. The molecule has 158 valence electrons. The van der Waals surface area contributed by atoms with Crippen LogP contribution in [0.2, 0.25) is 0 Å². The van der Waals surface area contributed by atoms with E-state index in [0.29, 0.717) is 29.3 Å². The summed E-state index contributed by atoms with van der Waals surface area (Å²) >= 11 is 0. The second-order valence-corrected chi connectivity index (χ2v) is 8.15. The molecule has 3 aromatic heterocycles. The SMILES string of the molecule is Cc1cn2nc(-c3ccc(-c4cnc(N5C[C@@H](C)N[C@@H](C)C5)nn4)c(O)c3)ccc2n1. The van der Waals surface area contributed by atoms with Gasteiger partial charge in [-0.2, -0.15) is 5.10 Å². The Bertz CT molecular complexity index is 1230. The van der Waals surface area contributed by atoms with Crippen molar-refractivity contribution in [3.63, 3.8) is 0 Å².